The van der Waals surface area contributed by atoms with E-state index in [2.05, 4.69) is 25.3 Å². The predicted octanol–water partition coefficient (Wildman–Crippen LogP) is 3.12. The fourth-order valence-corrected chi connectivity index (χ4v) is 3.56. The van der Waals surface area contributed by atoms with E-state index in [9.17, 15) is 4.79 Å². The summed E-state index contributed by atoms with van der Waals surface area (Å²) in [5.74, 6) is 2.02. The molecular weight excluding hydrogens is 362 g/mol. The number of nitrogens with one attached hydrogen (secondary N) is 3. The van der Waals surface area contributed by atoms with Crippen LogP contribution in [-0.2, 0) is 12.2 Å². The Morgan fingerprint density at radius 1 is 1.33 bits per heavy atom. The highest BCUT2D eigenvalue weighted by molar-refractivity contribution is 7.98. The van der Waals surface area contributed by atoms with Gasteiger partial charge in [0.2, 0.25) is 0 Å². The number of aryl methyl sites for hydroxylation is 1. The lowest BCUT2D eigenvalue weighted by Gasteiger charge is -2.11. The summed E-state index contributed by atoms with van der Waals surface area (Å²) < 4.78 is 5.27. The summed E-state index contributed by atoms with van der Waals surface area (Å²) >= 11 is 1.46. The van der Waals surface area contributed by atoms with Crippen LogP contribution >= 0.6 is 11.8 Å². The second-order valence-corrected chi connectivity index (χ2v) is 6.98. The predicted molar refractivity (Wildman–Crippen MR) is 108 cm³/mol. The Labute approximate surface area is 162 Å². The normalized spacial score (nSPS) is 10.8. The third kappa shape index (κ3) is 4.71. The third-order valence-corrected chi connectivity index (χ3v) is 5.02. The molecule has 8 heteroatoms. The van der Waals surface area contributed by atoms with Gasteiger partial charge in [0.1, 0.15) is 11.6 Å². The molecule has 0 aliphatic rings. The molecule has 0 saturated carbocycles. The van der Waals surface area contributed by atoms with Gasteiger partial charge < -0.3 is 20.0 Å². The minimum atomic E-state index is -0.134. The van der Waals surface area contributed by atoms with Crippen LogP contribution in [0.15, 0.2) is 40.5 Å². The van der Waals surface area contributed by atoms with Crippen LogP contribution in [0.2, 0.25) is 0 Å². The molecule has 2 aromatic heterocycles. The number of nitrogens with zero attached hydrogens (tertiary/aromatic N) is 2. The molecule has 0 unspecified atom stereocenters. The highest BCUT2D eigenvalue weighted by Gasteiger charge is 2.13. The van der Waals surface area contributed by atoms with Crippen LogP contribution in [0.5, 0.6) is 5.75 Å². The van der Waals surface area contributed by atoms with Gasteiger partial charge in [0, 0.05) is 24.4 Å². The van der Waals surface area contributed by atoms with Gasteiger partial charge in [0.25, 0.3) is 5.56 Å². The summed E-state index contributed by atoms with van der Waals surface area (Å²) in [6.07, 6.45) is 2.15. The maximum atomic E-state index is 12.7. The van der Waals surface area contributed by atoms with Crippen LogP contribution < -0.4 is 15.6 Å². The monoisotopic (exact) mass is 385 g/mol. The number of H-pyrrole nitrogens is 2. The van der Waals surface area contributed by atoms with Crippen molar-refractivity contribution in [1.29, 1.82) is 0 Å². The number of imidazole rings is 1. The number of rotatable bonds is 8. The Balaban J connectivity index is 1.85. The largest absolute Gasteiger partial charge is 0.497 e. The Hall–Kier alpha value is -2.74. The van der Waals surface area contributed by atoms with Gasteiger partial charge in [-0.25, -0.2) is 9.97 Å². The maximum Gasteiger partial charge on any atom is 0.257 e. The topological polar surface area (TPSA) is 95.7 Å². The molecule has 3 aromatic rings. The highest BCUT2D eigenvalue weighted by atomic mass is 32.2. The van der Waals surface area contributed by atoms with Gasteiger partial charge in [-0.3, -0.25) is 4.79 Å². The van der Waals surface area contributed by atoms with E-state index in [4.69, 9.17) is 4.74 Å². The van der Waals surface area contributed by atoms with Gasteiger partial charge in [0.15, 0.2) is 5.16 Å². The van der Waals surface area contributed by atoms with E-state index >= 15 is 0 Å². The Morgan fingerprint density at radius 2 is 2.19 bits per heavy atom. The van der Waals surface area contributed by atoms with Crippen molar-refractivity contribution >= 4 is 17.6 Å². The van der Waals surface area contributed by atoms with Crippen LogP contribution in [0.3, 0.4) is 0 Å². The maximum absolute atomic E-state index is 12.7. The summed E-state index contributed by atoms with van der Waals surface area (Å²) in [5, 5.41) is 3.79. The molecule has 7 nitrogen and oxygen atoms in total. The zero-order chi connectivity index (χ0) is 19.2. The average molecular weight is 385 g/mol. The van der Waals surface area contributed by atoms with E-state index in [1.165, 1.54) is 11.8 Å². The third-order valence-electron chi connectivity index (χ3n) is 4.13. The molecule has 0 radical (unpaired) electrons. The van der Waals surface area contributed by atoms with Gasteiger partial charge in [-0.1, -0.05) is 23.9 Å². The molecule has 142 valence electrons. The number of methoxy groups -OCH3 is 1. The number of hydrogen-bond donors (Lipinski definition) is 3. The standard InChI is InChI=1S/C19H23N5O2S/c1-4-20-17-15(9-13-6-5-7-14(8-13)26-3)18(25)24-19(23-17)27-10-16-12(2)21-11-22-16/h5-8,11H,4,9-10H2,1-3H3,(H,21,22)(H2,20,23,24,25). The van der Waals surface area contributed by atoms with Gasteiger partial charge in [-0.2, -0.15) is 0 Å². The second-order valence-electron chi connectivity index (χ2n) is 6.02. The lowest BCUT2D eigenvalue weighted by atomic mass is 10.1. The highest BCUT2D eigenvalue weighted by Crippen LogP contribution is 2.23. The van der Waals surface area contributed by atoms with E-state index in [0.717, 1.165) is 22.7 Å². The minimum Gasteiger partial charge on any atom is -0.497 e. The average Bonchev–Trinajstić information content (AvgIpc) is 3.08. The van der Waals surface area contributed by atoms with E-state index in [-0.39, 0.29) is 5.56 Å². The van der Waals surface area contributed by atoms with Gasteiger partial charge in [-0.05, 0) is 31.5 Å². The van der Waals surface area contributed by atoms with Crippen LogP contribution in [0.1, 0.15) is 29.4 Å². The number of hydrogen-bond acceptors (Lipinski definition) is 6. The SMILES string of the molecule is CCNc1nc(SCc2nc[nH]c2C)[nH]c(=O)c1Cc1cccc(OC)c1. The van der Waals surface area contributed by atoms with Crippen LogP contribution in [0.25, 0.3) is 0 Å². The zero-order valence-corrected chi connectivity index (χ0v) is 16.4. The Kier molecular flexibility index (Phi) is 6.18. The van der Waals surface area contributed by atoms with Crippen molar-refractivity contribution in [2.75, 3.05) is 19.0 Å². The molecule has 2 heterocycles. The van der Waals surface area contributed by atoms with Gasteiger partial charge >= 0.3 is 0 Å². The molecule has 3 rings (SSSR count). The van der Waals surface area contributed by atoms with Crippen LogP contribution in [-0.4, -0.2) is 33.6 Å². The number of aromatic nitrogens is 4. The quantitative estimate of drug-likeness (QED) is 0.407. The van der Waals surface area contributed by atoms with E-state index in [0.29, 0.717) is 35.3 Å². The van der Waals surface area contributed by atoms with Crippen molar-refractivity contribution in [2.45, 2.75) is 31.2 Å². The first-order valence-electron chi connectivity index (χ1n) is 8.72. The number of thioether (sulfide) groups is 1. The molecule has 0 amide bonds. The molecule has 27 heavy (non-hydrogen) atoms. The fourth-order valence-electron chi connectivity index (χ4n) is 2.68. The lowest BCUT2D eigenvalue weighted by molar-refractivity contribution is 0.414. The fraction of sp³-hybridized carbons (Fsp3) is 0.316. The van der Waals surface area contributed by atoms with Crippen molar-refractivity contribution < 1.29 is 4.74 Å². The second kappa shape index (κ2) is 8.77. The van der Waals surface area contributed by atoms with Crippen molar-refractivity contribution in [3.8, 4) is 5.75 Å². The molecule has 0 fully saturated rings. The Morgan fingerprint density at radius 3 is 2.89 bits per heavy atom. The summed E-state index contributed by atoms with van der Waals surface area (Å²) in [7, 11) is 1.63. The summed E-state index contributed by atoms with van der Waals surface area (Å²) in [6, 6.07) is 7.70. The van der Waals surface area contributed by atoms with Gasteiger partial charge in [-0.15, -0.1) is 0 Å². The van der Waals surface area contributed by atoms with Gasteiger partial charge in [0.05, 0.1) is 24.7 Å². The summed E-state index contributed by atoms with van der Waals surface area (Å²) in [6.45, 7) is 4.64. The zero-order valence-electron chi connectivity index (χ0n) is 15.6. The first kappa shape index (κ1) is 19.0. The minimum absolute atomic E-state index is 0.134. The summed E-state index contributed by atoms with van der Waals surface area (Å²) in [4.78, 5) is 27.6. The van der Waals surface area contributed by atoms with Crippen molar-refractivity contribution in [3.63, 3.8) is 0 Å². The molecule has 0 spiro atoms. The van der Waals surface area contributed by atoms with Crippen molar-refractivity contribution in [2.24, 2.45) is 0 Å². The molecule has 0 saturated heterocycles. The number of ether oxygens (including phenoxy) is 1. The van der Waals surface area contributed by atoms with E-state index in [1.807, 2.05) is 38.1 Å². The summed E-state index contributed by atoms with van der Waals surface area (Å²) in [5.41, 5.74) is 3.45. The molecule has 1 aromatic carbocycles. The van der Waals surface area contributed by atoms with E-state index in [1.54, 1.807) is 13.4 Å². The smallest absolute Gasteiger partial charge is 0.257 e. The van der Waals surface area contributed by atoms with Crippen LogP contribution in [0, 0.1) is 6.92 Å². The Bertz CT molecular complexity index is 967. The number of anilines is 1. The van der Waals surface area contributed by atoms with Crippen LogP contribution in [0.4, 0.5) is 5.82 Å². The first-order valence-corrected chi connectivity index (χ1v) is 9.71. The van der Waals surface area contributed by atoms with Crippen molar-refractivity contribution in [1.82, 2.24) is 19.9 Å². The number of benzene rings is 1. The molecule has 0 aliphatic heterocycles. The van der Waals surface area contributed by atoms with Crippen molar-refractivity contribution in [3.05, 3.63) is 63.5 Å². The first-order chi connectivity index (χ1) is 13.1. The lowest BCUT2D eigenvalue weighted by Crippen LogP contribution is -2.19. The molecule has 0 bridgehead atoms. The molecule has 3 N–H and O–H groups in total. The number of aromatic amines is 2. The molecule has 0 atom stereocenters. The molecular formula is C19H23N5O2S. The van der Waals surface area contributed by atoms with E-state index < -0.39 is 0 Å². The molecule has 0 aliphatic carbocycles.